The van der Waals surface area contributed by atoms with Crippen molar-refractivity contribution in [2.45, 2.75) is 42.0 Å². The highest BCUT2D eigenvalue weighted by Crippen LogP contribution is 2.41. The van der Waals surface area contributed by atoms with Gasteiger partial charge in [-0.1, -0.05) is 24.3 Å². The molecule has 0 radical (unpaired) electrons. The van der Waals surface area contributed by atoms with Crippen LogP contribution in [-0.2, 0) is 14.4 Å². The standard InChI is InChI=1S/C16H15Cl2NO3/c17-14(18)11-4-2-1-3-10(11)12-13(21)16(19-15(12)22)7-5-9(20)6-8-16/h1-4,12,14H,5-8H2,(H,19,22). The van der Waals surface area contributed by atoms with Crippen LogP contribution < -0.4 is 5.32 Å². The molecule has 2 aliphatic rings. The fraction of sp³-hybridized carbons (Fsp3) is 0.438. The Labute approximate surface area is 138 Å². The molecule has 1 atom stereocenters. The zero-order chi connectivity index (χ0) is 15.9. The zero-order valence-corrected chi connectivity index (χ0v) is 13.3. The molecule has 1 aliphatic heterocycles. The second-order valence-electron chi connectivity index (χ2n) is 5.84. The highest BCUT2D eigenvalue weighted by atomic mass is 35.5. The molecule has 4 nitrogen and oxygen atoms in total. The smallest absolute Gasteiger partial charge is 0.235 e. The molecule has 6 heteroatoms. The highest BCUT2D eigenvalue weighted by Gasteiger charge is 2.54. The summed E-state index contributed by atoms with van der Waals surface area (Å²) in [7, 11) is 0. The Kier molecular flexibility index (Phi) is 4.00. The number of ketones is 2. The first-order valence-electron chi connectivity index (χ1n) is 7.20. The van der Waals surface area contributed by atoms with E-state index in [4.69, 9.17) is 23.2 Å². The third-order valence-electron chi connectivity index (χ3n) is 4.56. The summed E-state index contributed by atoms with van der Waals surface area (Å²) in [6.45, 7) is 0. The minimum absolute atomic E-state index is 0.137. The molecule has 1 aromatic carbocycles. The van der Waals surface area contributed by atoms with Gasteiger partial charge in [-0.2, -0.15) is 0 Å². The van der Waals surface area contributed by atoms with Gasteiger partial charge < -0.3 is 5.32 Å². The maximum Gasteiger partial charge on any atom is 0.235 e. The van der Waals surface area contributed by atoms with Crippen molar-refractivity contribution in [3.05, 3.63) is 35.4 Å². The monoisotopic (exact) mass is 339 g/mol. The molecule has 116 valence electrons. The zero-order valence-electron chi connectivity index (χ0n) is 11.8. The molecule has 1 aliphatic carbocycles. The molecule has 0 bridgehead atoms. The van der Waals surface area contributed by atoms with Crippen LogP contribution in [0.3, 0.4) is 0 Å². The van der Waals surface area contributed by atoms with Crippen molar-refractivity contribution in [2.75, 3.05) is 0 Å². The van der Waals surface area contributed by atoms with Crippen molar-refractivity contribution in [3.8, 4) is 0 Å². The normalized spacial score (nSPS) is 24.1. The van der Waals surface area contributed by atoms with Crippen LogP contribution in [0.25, 0.3) is 0 Å². The number of hydrogen-bond donors (Lipinski definition) is 1. The molecular formula is C16H15Cl2NO3. The van der Waals surface area contributed by atoms with E-state index in [1.165, 1.54) is 0 Å². The number of carbonyl (C=O) groups excluding carboxylic acids is 3. The van der Waals surface area contributed by atoms with Crippen LogP contribution in [0, 0.1) is 0 Å². The van der Waals surface area contributed by atoms with Crippen LogP contribution in [0.2, 0.25) is 0 Å². The lowest BCUT2D eigenvalue weighted by Crippen LogP contribution is -2.49. The fourth-order valence-corrected chi connectivity index (χ4v) is 3.74. The van der Waals surface area contributed by atoms with Crippen molar-refractivity contribution in [1.29, 1.82) is 0 Å². The lowest BCUT2D eigenvalue weighted by atomic mass is 9.76. The van der Waals surface area contributed by atoms with Crippen molar-refractivity contribution in [1.82, 2.24) is 5.32 Å². The lowest BCUT2D eigenvalue weighted by molar-refractivity contribution is -0.127. The number of benzene rings is 1. The van der Waals surface area contributed by atoms with Crippen LogP contribution in [0.4, 0.5) is 0 Å². The second kappa shape index (κ2) is 5.67. The SMILES string of the molecule is O=C1CCC2(CC1)NC(=O)C(c1ccccc1C(Cl)Cl)C2=O. The molecule has 1 aromatic rings. The van der Waals surface area contributed by atoms with Gasteiger partial charge in [-0.15, -0.1) is 23.2 Å². The number of Topliss-reactive ketones (excluding diaryl/α,β-unsaturated/α-hetero) is 2. The summed E-state index contributed by atoms with van der Waals surface area (Å²) in [5.74, 6) is -1.27. The third kappa shape index (κ3) is 2.44. The van der Waals surface area contributed by atoms with Gasteiger partial charge in [-0.05, 0) is 24.0 Å². The average Bonchev–Trinajstić information content (AvgIpc) is 2.73. The average molecular weight is 340 g/mol. The van der Waals surface area contributed by atoms with Crippen molar-refractivity contribution in [2.24, 2.45) is 0 Å². The third-order valence-corrected chi connectivity index (χ3v) is 5.03. The number of halogens is 2. The molecule has 22 heavy (non-hydrogen) atoms. The van der Waals surface area contributed by atoms with Crippen molar-refractivity contribution >= 4 is 40.7 Å². The van der Waals surface area contributed by atoms with Crippen LogP contribution in [-0.4, -0.2) is 23.0 Å². The minimum Gasteiger partial charge on any atom is -0.343 e. The maximum absolute atomic E-state index is 12.9. The quantitative estimate of drug-likeness (QED) is 0.665. The summed E-state index contributed by atoms with van der Waals surface area (Å²) in [5, 5.41) is 2.83. The first kappa shape index (κ1) is 15.5. The van der Waals surface area contributed by atoms with E-state index in [1.54, 1.807) is 24.3 Å². The lowest BCUT2D eigenvalue weighted by Gasteiger charge is -2.31. The van der Waals surface area contributed by atoms with Crippen molar-refractivity contribution in [3.63, 3.8) is 0 Å². The van der Waals surface area contributed by atoms with E-state index in [0.29, 0.717) is 36.8 Å². The molecule has 2 fully saturated rings. The predicted octanol–water partition coefficient (Wildman–Crippen LogP) is 2.83. The van der Waals surface area contributed by atoms with Gasteiger partial charge in [-0.3, -0.25) is 14.4 Å². The first-order valence-corrected chi connectivity index (χ1v) is 8.07. The summed E-state index contributed by atoms with van der Waals surface area (Å²) in [5.41, 5.74) is 0.216. The van der Waals surface area contributed by atoms with Crippen LogP contribution >= 0.6 is 23.2 Å². The van der Waals surface area contributed by atoms with Crippen molar-refractivity contribution < 1.29 is 14.4 Å². The number of alkyl halides is 2. The van der Waals surface area contributed by atoms with E-state index in [0.717, 1.165) is 0 Å². The molecule has 1 amide bonds. The Morgan fingerprint density at radius 2 is 1.73 bits per heavy atom. The van der Waals surface area contributed by atoms with Gasteiger partial charge in [0.2, 0.25) is 5.91 Å². The van der Waals surface area contributed by atoms with E-state index in [-0.39, 0.29) is 17.5 Å². The molecule has 1 N–H and O–H groups in total. The summed E-state index contributed by atoms with van der Waals surface area (Å²) in [4.78, 5) is 35.9. The van der Waals surface area contributed by atoms with Gasteiger partial charge in [0.15, 0.2) is 5.78 Å². The van der Waals surface area contributed by atoms with Crippen LogP contribution in [0.15, 0.2) is 24.3 Å². The molecule has 1 saturated heterocycles. The van der Waals surface area contributed by atoms with E-state index < -0.39 is 16.3 Å². The first-order chi connectivity index (χ1) is 10.4. The summed E-state index contributed by atoms with van der Waals surface area (Å²) < 4.78 is 0. The van der Waals surface area contributed by atoms with E-state index in [9.17, 15) is 14.4 Å². The molecule has 1 unspecified atom stereocenters. The molecule has 3 rings (SSSR count). The number of carbonyl (C=O) groups is 3. The highest BCUT2D eigenvalue weighted by molar-refractivity contribution is 6.44. The van der Waals surface area contributed by atoms with Gasteiger partial charge in [0, 0.05) is 12.8 Å². The molecule has 0 aromatic heterocycles. The van der Waals surface area contributed by atoms with Crippen LogP contribution in [0.5, 0.6) is 0 Å². The molecule has 1 heterocycles. The Morgan fingerprint density at radius 3 is 2.36 bits per heavy atom. The van der Waals surface area contributed by atoms with Gasteiger partial charge >= 0.3 is 0 Å². The number of nitrogens with one attached hydrogen (secondary N) is 1. The Balaban J connectivity index is 1.98. The van der Waals surface area contributed by atoms with Gasteiger partial charge in [0.05, 0.1) is 0 Å². The topological polar surface area (TPSA) is 63.2 Å². The second-order valence-corrected chi connectivity index (χ2v) is 6.93. The van der Waals surface area contributed by atoms with Gasteiger partial charge in [0.25, 0.3) is 0 Å². The summed E-state index contributed by atoms with van der Waals surface area (Å²) in [6.07, 6.45) is 1.41. The molecular weight excluding hydrogens is 325 g/mol. The van der Waals surface area contributed by atoms with E-state index in [1.807, 2.05) is 0 Å². The number of hydrogen-bond acceptors (Lipinski definition) is 3. The Morgan fingerprint density at radius 1 is 1.09 bits per heavy atom. The summed E-state index contributed by atoms with van der Waals surface area (Å²) >= 11 is 11.9. The maximum atomic E-state index is 12.9. The number of rotatable bonds is 2. The van der Waals surface area contributed by atoms with Gasteiger partial charge in [-0.25, -0.2) is 0 Å². The summed E-state index contributed by atoms with van der Waals surface area (Å²) in [6, 6.07) is 6.95. The fourth-order valence-electron chi connectivity index (χ4n) is 3.35. The Hall–Kier alpha value is -1.39. The molecule has 1 spiro atoms. The predicted molar refractivity (Wildman–Crippen MR) is 83.0 cm³/mol. The Bertz CT molecular complexity index is 647. The largest absolute Gasteiger partial charge is 0.343 e. The van der Waals surface area contributed by atoms with Gasteiger partial charge in [0.1, 0.15) is 22.1 Å². The van der Waals surface area contributed by atoms with E-state index >= 15 is 0 Å². The molecule has 1 saturated carbocycles. The minimum atomic E-state index is -0.906. The number of amides is 1. The van der Waals surface area contributed by atoms with Crippen LogP contribution in [0.1, 0.15) is 47.6 Å². The van der Waals surface area contributed by atoms with E-state index in [2.05, 4.69) is 5.32 Å².